The lowest BCUT2D eigenvalue weighted by molar-refractivity contribution is -0.118. The molecule has 0 aliphatic heterocycles. The average Bonchev–Trinajstić information content (AvgIpc) is 2.58. The van der Waals surface area contributed by atoms with Crippen LogP contribution in [0.15, 0.2) is 36.4 Å². The van der Waals surface area contributed by atoms with Gasteiger partial charge in [-0.1, -0.05) is 29.3 Å². The highest BCUT2D eigenvalue weighted by Crippen LogP contribution is 2.30. The summed E-state index contributed by atoms with van der Waals surface area (Å²) in [6.07, 6.45) is 0.708. The largest absolute Gasteiger partial charge is 0.490 e. The minimum Gasteiger partial charge on any atom is -0.490 e. The molecule has 2 rings (SSSR count). The van der Waals surface area contributed by atoms with Crippen molar-refractivity contribution in [1.82, 2.24) is 0 Å². The van der Waals surface area contributed by atoms with E-state index in [0.717, 1.165) is 0 Å². The number of halogens is 2. The third-order valence-electron chi connectivity index (χ3n) is 2.99. The molecule has 0 saturated carbocycles. The van der Waals surface area contributed by atoms with Crippen molar-refractivity contribution in [2.45, 2.75) is 6.92 Å². The number of rotatable bonds is 7. The first kappa shape index (κ1) is 18.1. The molecular formula is C17H15Cl2NO4. The van der Waals surface area contributed by atoms with E-state index in [4.69, 9.17) is 32.7 Å². The molecule has 7 heteroatoms. The summed E-state index contributed by atoms with van der Waals surface area (Å²) in [7, 11) is 0. The molecule has 0 saturated heterocycles. The Kier molecular flexibility index (Phi) is 6.46. The number of ether oxygens (including phenoxy) is 2. The molecule has 0 fully saturated rings. The van der Waals surface area contributed by atoms with Crippen molar-refractivity contribution in [3.05, 3.63) is 52.0 Å². The molecule has 0 aromatic heterocycles. The highest BCUT2D eigenvalue weighted by Gasteiger charge is 2.11. The Labute approximate surface area is 149 Å². The van der Waals surface area contributed by atoms with Gasteiger partial charge >= 0.3 is 0 Å². The first-order chi connectivity index (χ1) is 11.5. The molecule has 0 heterocycles. The molecule has 1 amide bonds. The molecule has 24 heavy (non-hydrogen) atoms. The van der Waals surface area contributed by atoms with E-state index < -0.39 is 5.91 Å². The number of benzene rings is 2. The zero-order valence-electron chi connectivity index (χ0n) is 12.8. The molecule has 0 bridgehead atoms. The van der Waals surface area contributed by atoms with Gasteiger partial charge in [0, 0.05) is 5.56 Å². The van der Waals surface area contributed by atoms with Gasteiger partial charge in [-0.2, -0.15) is 0 Å². The first-order valence-corrected chi connectivity index (χ1v) is 7.89. The summed E-state index contributed by atoms with van der Waals surface area (Å²) in [6.45, 7) is 1.97. The van der Waals surface area contributed by atoms with Crippen molar-refractivity contribution in [3.63, 3.8) is 0 Å². The molecule has 1 N–H and O–H groups in total. The van der Waals surface area contributed by atoms with Crippen molar-refractivity contribution in [2.75, 3.05) is 18.5 Å². The number of anilines is 1. The summed E-state index contributed by atoms with van der Waals surface area (Å²) < 4.78 is 10.9. The van der Waals surface area contributed by atoms with E-state index in [1.54, 1.807) is 36.4 Å². The fraction of sp³-hybridized carbons (Fsp3) is 0.176. The third kappa shape index (κ3) is 4.63. The Bertz CT molecular complexity index is 749. The van der Waals surface area contributed by atoms with Gasteiger partial charge in [-0.05, 0) is 37.3 Å². The number of carbonyl (C=O) groups is 2. The Morgan fingerprint density at radius 2 is 1.96 bits per heavy atom. The van der Waals surface area contributed by atoms with Gasteiger partial charge in [0.1, 0.15) is 6.29 Å². The molecule has 0 radical (unpaired) electrons. The van der Waals surface area contributed by atoms with Gasteiger partial charge in [0.25, 0.3) is 5.91 Å². The molecule has 0 aliphatic rings. The van der Waals surface area contributed by atoms with Crippen LogP contribution in [0.1, 0.15) is 17.3 Å². The van der Waals surface area contributed by atoms with E-state index in [-0.39, 0.29) is 11.6 Å². The average molecular weight is 368 g/mol. The zero-order valence-corrected chi connectivity index (χ0v) is 14.4. The summed E-state index contributed by atoms with van der Waals surface area (Å²) in [5, 5.41) is 3.23. The van der Waals surface area contributed by atoms with E-state index in [9.17, 15) is 9.59 Å². The smallest absolute Gasteiger partial charge is 0.262 e. The van der Waals surface area contributed by atoms with E-state index in [0.29, 0.717) is 40.7 Å². The van der Waals surface area contributed by atoms with Crippen LogP contribution in [0.3, 0.4) is 0 Å². The number of amides is 1. The third-order valence-corrected chi connectivity index (χ3v) is 3.81. The van der Waals surface area contributed by atoms with Crippen LogP contribution in [-0.4, -0.2) is 25.4 Å². The van der Waals surface area contributed by atoms with Crippen LogP contribution in [0.5, 0.6) is 11.5 Å². The summed E-state index contributed by atoms with van der Waals surface area (Å²) >= 11 is 11.9. The van der Waals surface area contributed by atoms with Crippen molar-refractivity contribution in [2.24, 2.45) is 0 Å². The van der Waals surface area contributed by atoms with Crippen LogP contribution in [0.2, 0.25) is 10.0 Å². The normalized spacial score (nSPS) is 10.1. The Morgan fingerprint density at radius 1 is 1.17 bits per heavy atom. The lowest BCUT2D eigenvalue weighted by Crippen LogP contribution is -2.20. The molecule has 2 aromatic carbocycles. The highest BCUT2D eigenvalue weighted by atomic mass is 35.5. The molecule has 0 unspecified atom stereocenters. The van der Waals surface area contributed by atoms with Crippen LogP contribution in [0.4, 0.5) is 5.69 Å². The van der Waals surface area contributed by atoms with Crippen LogP contribution in [0.25, 0.3) is 0 Å². The predicted molar refractivity (Wildman–Crippen MR) is 93.6 cm³/mol. The maximum absolute atomic E-state index is 12.0. The lowest BCUT2D eigenvalue weighted by Gasteiger charge is -2.13. The minimum absolute atomic E-state index is 0.247. The summed E-state index contributed by atoms with van der Waals surface area (Å²) in [5.74, 6) is 0.367. The number of hydrogen-bond donors (Lipinski definition) is 1. The zero-order chi connectivity index (χ0) is 17.5. The number of hydrogen-bond acceptors (Lipinski definition) is 4. The van der Waals surface area contributed by atoms with Gasteiger partial charge in [0.05, 0.1) is 22.3 Å². The Morgan fingerprint density at radius 3 is 2.67 bits per heavy atom. The van der Waals surface area contributed by atoms with Gasteiger partial charge in [-0.25, -0.2) is 0 Å². The SMILES string of the molecule is CCOc1cc(C=O)ccc1OCC(=O)Nc1cccc(Cl)c1Cl. The number of nitrogens with one attached hydrogen (secondary N) is 1. The van der Waals surface area contributed by atoms with Gasteiger partial charge < -0.3 is 14.8 Å². The number of aldehydes is 1. The van der Waals surface area contributed by atoms with E-state index in [1.807, 2.05) is 6.92 Å². The van der Waals surface area contributed by atoms with Crippen molar-refractivity contribution >= 4 is 41.1 Å². The monoisotopic (exact) mass is 367 g/mol. The van der Waals surface area contributed by atoms with Crippen LogP contribution in [-0.2, 0) is 4.79 Å². The molecule has 0 spiro atoms. The van der Waals surface area contributed by atoms with Gasteiger partial charge in [0.15, 0.2) is 18.1 Å². The molecule has 0 atom stereocenters. The first-order valence-electron chi connectivity index (χ1n) is 7.13. The summed E-state index contributed by atoms with van der Waals surface area (Å²) in [6, 6.07) is 9.65. The quantitative estimate of drug-likeness (QED) is 0.744. The van der Waals surface area contributed by atoms with Gasteiger partial charge in [0.2, 0.25) is 0 Å². The van der Waals surface area contributed by atoms with E-state index in [1.165, 1.54) is 0 Å². The van der Waals surface area contributed by atoms with E-state index >= 15 is 0 Å². The Balaban J connectivity index is 2.03. The van der Waals surface area contributed by atoms with Crippen molar-refractivity contribution in [1.29, 1.82) is 0 Å². The fourth-order valence-corrected chi connectivity index (χ4v) is 2.26. The highest BCUT2D eigenvalue weighted by molar-refractivity contribution is 6.43. The molecule has 126 valence electrons. The predicted octanol–water partition coefficient (Wildman–Crippen LogP) is 4.22. The molecule has 0 aliphatic carbocycles. The number of carbonyl (C=O) groups excluding carboxylic acids is 2. The summed E-state index contributed by atoms with van der Waals surface area (Å²) in [4.78, 5) is 22.8. The standard InChI is InChI=1S/C17H15Cl2NO4/c1-2-23-15-8-11(9-21)6-7-14(15)24-10-16(22)20-13-5-3-4-12(18)17(13)19/h3-9H,2,10H2,1H3,(H,20,22). The van der Waals surface area contributed by atoms with Crippen LogP contribution in [0, 0.1) is 0 Å². The fourth-order valence-electron chi connectivity index (χ4n) is 1.92. The summed E-state index contributed by atoms with van der Waals surface area (Å²) in [5.41, 5.74) is 0.861. The van der Waals surface area contributed by atoms with Gasteiger partial charge in [-0.3, -0.25) is 9.59 Å². The maximum Gasteiger partial charge on any atom is 0.262 e. The van der Waals surface area contributed by atoms with Gasteiger partial charge in [-0.15, -0.1) is 0 Å². The second-order valence-electron chi connectivity index (χ2n) is 4.70. The Hall–Kier alpha value is -2.24. The van der Waals surface area contributed by atoms with E-state index in [2.05, 4.69) is 5.32 Å². The topological polar surface area (TPSA) is 64.6 Å². The second-order valence-corrected chi connectivity index (χ2v) is 5.48. The molecule has 5 nitrogen and oxygen atoms in total. The molecule has 2 aromatic rings. The second kappa shape index (κ2) is 8.57. The molecular weight excluding hydrogens is 353 g/mol. The van der Waals surface area contributed by atoms with Crippen LogP contribution >= 0.6 is 23.2 Å². The van der Waals surface area contributed by atoms with Crippen molar-refractivity contribution < 1.29 is 19.1 Å². The minimum atomic E-state index is -0.402. The van der Waals surface area contributed by atoms with Crippen LogP contribution < -0.4 is 14.8 Å². The maximum atomic E-state index is 12.0. The lowest BCUT2D eigenvalue weighted by atomic mass is 10.2. The van der Waals surface area contributed by atoms with Crippen molar-refractivity contribution in [3.8, 4) is 11.5 Å².